The number of nitrogens with one attached hydrogen (secondary N) is 1. The summed E-state index contributed by atoms with van der Waals surface area (Å²) in [5.41, 5.74) is -0.163. The van der Waals surface area contributed by atoms with Gasteiger partial charge in [0.2, 0.25) is 5.91 Å². The van der Waals surface area contributed by atoms with Gasteiger partial charge in [-0.15, -0.1) is 0 Å². The van der Waals surface area contributed by atoms with E-state index in [0.29, 0.717) is 12.3 Å². The Kier molecular flexibility index (Phi) is 5.56. The SMILES string of the molecule is COc1ccc(CNC(=O)CC(C)(C)C(=O)O)cc1Br. The zero-order chi connectivity index (χ0) is 15.3. The average molecular weight is 344 g/mol. The number of carbonyl (C=O) groups is 2. The Balaban J connectivity index is 2.57. The first-order chi connectivity index (χ1) is 9.26. The summed E-state index contributed by atoms with van der Waals surface area (Å²) in [6, 6.07) is 5.49. The Labute approximate surface area is 126 Å². The summed E-state index contributed by atoms with van der Waals surface area (Å²) in [5, 5.41) is 11.7. The van der Waals surface area contributed by atoms with Gasteiger partial charge >= 0.3 is 5.97 Å². The van der Waals surface area contributed by atoms with Crippen LogP contribution in [0.25, 0.3) is 0 Å². The van der Waals surface area contributed by atoms with Gasteiger partial charge in [-0.2, -0.15) is 0 Å². The first kappa shape index (κ1) is 16.5. The van der Waals surface area contributed by atoms with E-state index < -0.39 is 11.4 Å². The van der Waals surface area contributed by atoms with Crippen molar-refractivity contribution < 1.29 is 19.4 Å². The lowest BCUT2D eigenvalue weighted by Crippen LogP contribution is -2.33. The number of carbonyl (C=O) groups excluding carboxylic acids is 1. The molecule has 0 saturated heterocycles. The second-order valence-corrected chi connectivity index (χ2v) is 5.97. The van der Waals surface area contributed by atoms with E-state index in [1.807, 2.05) is 12.1 Å². The normalized spacial score (nSPS) is 11.0. The smallest absolute Gasteiger partial charge is 0.309 e. The van der Waals surface area contributed by atoms with Crippen LogP contribution in [0.4, 0.5) is 0 Å². The maximum atomic E-state index is 11.7. The Hall–Kier alpha value is -1.56. The van der Waals surface area contributed by atoms with Crippen LogP contribution in [0.3, 0.4) is 0 Å². The molecule has 0 aliphatic carbocycles. The lowest BCUT2D eigenvalue weighted by Gasteiger charge is -2.18. The Morgan fingerprint density at radius 2 is 2.05 bits per heavy atom. The molecule has 1 rings (SSSR count). The number of carboxylic acid groups (broad SMARTS) is 1. The van der Waals surface area contributed by atoms with Crippen LogP contribution in [0, 0.1) is 5.41 Å². The maximum Gasteiger partial charge on any atom is 0.309 e. The fourth-order valence-corrected chi connectivity index (χ4v) is 2.15. The number of ether oxygens (including phenoxy) is 1. The molecule has 0 heterocycles. The molecule has 0 fully saturated rings. The monoisotopic (exact) mass is 343 g/mol. The van der Waals surface area contributed by atoms with Crippen LogP contribution in [-0.2, 0) is 16.1 Å². The molecule has 0 radical (unpaired) electrons. The first-order valence-electron chi connectivity index (χ1n) is 6.09. The molecule has 0 atom stereocenters. The summed E-state index contributed by atoms with van der Waals surface area (Å²) in [4.78, 5) is 22.7. The molecule has 110 valence electrons. The van der Waals surface area contributed by atoms with Crippen molar-refractivity contribution in [1.82, 2.24) is 5.32 Å². The van der Waals surface area contributed by atoms with E-state index in [1.54, 1.807) is 13.2 Å². The molecule has 0 unspecified atom stereocenters. The van der Waals surface area contributed by atoms with Crippen molar-refractivity contribution >= 4 is 27.8 Å². The highest BCUT2D eigenvalue weighted by Crippen LogP contribution is 2.25. The lowest BCUT2D eigenvalue weighted by molar-refractivity contribution is -0.149. The van der Waals surface area contributed by atoms with Gasteiger partial charge in [-0.25, -0.2) is 0 Å². The summed E-state index contributed by atoms with van der Waals surface area (Å²) in [7, 11) is 1.58. The Bertz CT molecular complexity index is 514. The highest BCUT2D eigenvalue weighted by Gasteiger charge is 2.29. The van der Waals surface area contributed by atoms with Gasteiger partial charge in [0.1, 0.15) is 5.75 Å². The molecule has 0 saturated carbocycles. The van der Waals surface area contributed by atoms with Crippen molar-refractivity contribution in [3.05, 3.63) is 28.2 Å². The van der Waals surface area contributed by atoms with E-state index in [2.05, 4.69) is 21.2 Å². The Morgan fingerprint density at radius 1 is 1.40 bits per heavy atom. The zero-order valence-electron chi connectivity index (χ0n) is 11.7. The van der Waals surface area contributed by atoms with Gasteiger partial charge in [0.25, 0.3) is 0 Å². The van der Waals surface area contributed by atoms with Crippen LogP contribution < -0.4 is 10.1 Å². The third-order valence-electron chi connectivity index (χ3n) is 2.89. The quantitative estimate of drug-likeness (QED) is 0.832. The van der Waals surface area contributed by atoms with Crippen molar-refractivity contribution in [2.45, 2.75) is 26.8 Å². The summed E-state index contributed by atoms with van der Waals surface area (Å²) in [6.07, 6.45) is -0.0559. The van der Waals surface area contributed by atoms with Gasteiger partial charge in [-0.1, -0.05) is 6.07 Å². The maximum absolute atomic E-state index is 11.7. The second-order valence-electron chi connectivity index (χ2n) is 5.11. The summed E-state index contributed by atoms with van der Waals surface area (Å²) < 4.78 is 5.92. The fourth-order valence-electron chi connectivity index (χ4n) is 1.56. The van der Waals surface area contributed by atoms with Crippen LogP contribution in [0.5, 0.6) is 5.75 Å². The number of hydrogen-bond acceptors (Lipinski definition) is 3. The third kappa shape index (κ3) is 4.52. The number of hydrogen-bond donors (Lipinski definition) is 2. The molecule has 0 bridgehead atoms. The van der Waals surface area contributed by atoms with E-state index in [4.69, 9.17) is 9.84 Å². The van der Waals surface area contributed by atoms with Crippen LogP contribution in [-0.4, -0.2) is 24.1 Å². The first-order valence-corrected chi connectivity index (χ1v) is 6.88. The molecular weight excluding hydrogens is 326 g/mol. The van der Waals surface area contributed by atoms with Crippen LogP contribution in [0.15, 0.2) is 22.7 Å². The number of amides is 1. The van der Waals surface area contributed by atoms with Crippen molar-refractivity contribution in [3.63, 3.8) is 0 Å². The highest BCUT2D eigenvalue weighted by atomic mass is 79.9. The van der Waals surface area contributed by atoms with Gasteiger partial charge in [0, 0.05) is 13.0 Å². The second kappa shape index (κ2) is 6.74. The van der Waals surface area contributed by atoms with Crippen molar-refractivity contribution in [2.75, 3.05) is 7.11 Å². The summed E-state index contributed by atoms with van der Waals surface area (Å²) in [5.74, 6) is -0.559. The highest BCUT2D eigenvalue weighted by molar-refractivity contribution is 9.10. The number of aliphatic carboxylic acids is 1. The third-order valence-corrected chi connectivity index (χ3v) is 3.51. The minimum absolute atomic E-state index is 0.0559. The molecule has 1 amide bonds. The molecule has 5 nitrogen and oxygen atoms in total. The van der Waals surface area contributed by atoms with Crippen molar-refractivity contribution in [2.24, 2.45) is 5.41 Å². The molecule has 20 heavy (non-hydrogen) atoms. The van der Waals surface area contributed by atoms with Gasteiger partial charge in [-0.3, -0.25) is 9.59 Å². The molecule has 1 aromatic carbocycles. The fraction of sp³-hybridized carbons (Fsp3) is 0.429. The predicted octanol–water partition coefficient (Wildman–Crippen LogP) is 2.57. The van der Waals surface area contributed by atoms with Crippen LogP contribution in [0.1, 0.15) is 25.8 Å². The van der Waals surface area contributed by atoms with Crippen LogP contribution in [0.2, 0.25) is 0 Å². The predicted molar refractivity (Wildman–Crippen MR) is 78.6 cm³/mol. The zero-order valence-corrected chi connectivity index (χ0v) is 13.3. The molecule has 0 aliphatic rings. The van der Waals surface area contributed by atoms with E-state index in [0.717, 1.165) is 10.0 Å². The molecule has 6 heteroatoms. The molecule has 0 aromatic heterocycles. The van der Waals surface area contributed by atoms with E-state index in [-0.39, 0.29) is 12.3 Å². The van der Waals surface area contributed by atoms with E-state index >= 15 is 0 Å². The standard InChI is InChI=1S/C14H18BrNO4/c1-14(2,13(18)19)7-12(17)16-8-9-4-5-11(20-3)10(15)6-9/h4-6H,7-8H2,1-3H3,(H,16,17)(H,18,19). The Morgan fingerprint density at radius 3 is 2.55 bits per heavy atom. The van der Waals surface area contributed by atoms with Gasteiger partial charge < -0.3 is 15.2 Å². The molecule has 1 aromatic rings. The van der Waals surface area contributed by atoms with E-state index in [9.17, 15) is 9.59 Å². The summed E-state index contributed by atoms with van der Waals surface area (Å²) in [6.45, 7) is 3.40. The van der Waals surface area contributed by atoms with Gasteiger partial charge in [-0.05, 0) is 47.5 Å². The topological polar surface area (TPSA) is 75.6 Å². The van der Waals surface area contributed by atoms with Gasteiger partial charge in [0.15, 0.2) is 0 Å². The minimum atomic E-state index is -1.06. The average Bonchev–Trinajstić information content (AvgIpc) is 2.35. The number of halogens is 1. The number of benzene rings is 1. The number of rotatable bonds is 6. The number of methoxy groups -OCH3 is 1. The number of carboxylic acids is 1. The summed E-state index contributed by atoms with van der Waals surface area (Å²) >= 11 is 3.37. The van der Waals surface area contributed by atoms with Crippen molar-refractivity contribution in [1.29, 1.82) is 0 Å². The molecule has 2 N–H and O–H groups in total. The molecule has 0 aliphatic heterocycles. The van der Waals surface area contributed by atoms with E-state index in [1.165, 1.54) is 13.8 Å². The molecular formula is C14H18BrNO4. The van der Waals surface area contributed by atoms with Gasteiger partial charge in [0.05, 0.1) is 17.0 Å². The van der Waals surface area contributed by atoms with Crippen molar-refractivity contribution in [3.8, 4) is 5.75 Å². The molecule has 0 spiro atoms. The lowest BCUT2D eigenvalue weighted by atomic mass is 9.89. The minimum Gasteiger partial charge on any atom is -0.496 e. The van der Waals surface area contributed by atoms with Crippen LogP contribution >= 0.6 is 15.9 Å². The largest absolute Gasteiger partial charge is 0.496 e.